The molecule has 63 heavy (non-hydrogen) atoms. The van der Waals surface area contributed by atoms with Crippen molar-refractivity contribution < 1.29 is 50.0 Å². The molecule has 0 bridgehead atoms. The van der Waals surface area contributed by atoms with E-state index in [0.29, 0.717) is 19.3 Å². The van der Waals surface area contributed by atoms with Gasteiger partial charge in [0.05, 0.1) is 25.4 Å². The summed E-state index contributed by atoms with van der Waals surface area (Å²) < 4.78 is 11.1. The number of carbonyl (C=O) groups excluding carboxylic acids is 1. The minimum Gasteiger partial charge on any atom is -0.394 e. The van der Waals surface area contributed by atoms with Crippen molar-refractivity contribution in [3.8, 4) is 0 Å². The number of hydrogen-bond donors (Lipinski definition) is 8. The summed E-state index contributed by atoms with van der Waals surface area (Å²) in [5, 5.41) is 75.5. The van der Waals surface area contributed by atoms with Gasteiger partial charge in [0, 0.05) is 0 Å². The molecule has 0 aromatic rings. The van der Waals surface area contributed by atoms with Gasteiger partial charge < -0.3 is 50.5 Å². The van der Waals surface area contributed by atoms with Gasteiger partial charge in [-0.15, -0.1) is 0 Å². The molecule has 0 aromatic carbocycles. The molecule has 1 rings (SSSR count). The van der Waals surface area contributed by atoms with E-state index in [1.807, 2.05) is 0 Å². The number of carbonyl (C=O) groups is 1. The minimum atomic E-state index is -1.67. The molecule has 8 N–H and O–H groups in total. The van der Waals surface area contributed by atoms with Gasteiger partial charge in [0.15, 0.2) is 6.29 Å². The van der Waals surface area contributed by atoms with Crippen molar-refractivity contribution in [3.63, 3.8) is 0 Å². The maximum atomic E-state index is 13.0. The molecule has 1 amide bonds. The van der Waals surface area contributed by atoms with Crippen molar-refractivity contribution in [2.75, 3.05) is 13.2 Å². The highest BCUT2D eigenvalue weighted by Gasteiger charge is 2.44. The van der Waals surface area contributed by atoms with Crippen LogP contribution in [0.25, 0.3) is 0 Å². The average molecular weight is 896 g/mol. The number of nitrogens with one attached hydrogen (secondary N) is 1. The van der Waals surface area contributed by atoms with Crippen LogP contribution in [0, 0.1) is 0 Å². The lowest BCUT2D eigenvalue weighted by Gasteiger charge is -2.40. The predicted molar refractivity (Wildman–Crippen MR) is 256 cm³/mol. The molecule has 0 aromatic heterocycles. The van der Waals surface area contributed by atoms with Crippen molar-refractivity contribution in [1.82, 2.24) is 5.32 Å². The van der Waals surface area contributed by atoms with E-state index in [1.54, 1.807) is 0 Å². The summed E-state index contributed by atoms with van der Waals surface area (Å²) in [4.78, 5) is 13.0. The highest BCUT2D eigenvalue weighted by Crippen LogP contribution is 2.23. The summed E-state index contributed by atoms with van der Waals surface area (Å²) in [7, 11) is 0. The van der Waals surface area contributed by atoms with E-state index in [4.69, 9.17) is 9.47 Å². The molecule has 11 nitrogen and oxygen atoms in total. The van der Waals surface area contributed by atoms with E-state index >= 15 is 0 Å². The summed E-state index contributed by atoms with van der Waals surface area (Å²) in [5.41, 5.74) is 0. The average Bonchev–Trinajstić information content (AvgIpc) is 3.28. The van der Waals surface area contributed by atoms with Gasteiger partial charge in [-0.3, -0.25) is 4.79 Å². The number of ether oxygens (including phenoxy) is 2. The van der Waals surface area contributed by atoms with Crippen LogP contribution in [0.5, 0.6) is 0 Å². The summed E-state index contributed by atoms with van der Waals surface area (Å²) >= 11 is 0. The van der Waals surface area contributed by atoms with Gasteiger partial charge in [-0.25, -0.2) is 0 Å². The number of rotatable bonds is 43. The lowest BCUT2D eigenvalue weighted by atomic mass is 9.98. The maximum Gasteiger partial charge on any atom is 0.249 e. The van der Waals surface area contributed by atoms with Crippen molar-refractivity contribution in [2.24, 2.45) is 0 Å². The standard InChI is InChI=1S/C52H97NO10/c1-3-5-7-9-11-13-14-15-16-17-18-19-20-21-22-23-24-25-26-27-28-29-30-31-32-34-35-37-39-44(55)47(57)43(42-62-52-50(60)49(59)48(58)46(41-54)63-52)53-51(61)45(56)40-38-36-33-12-10-8-6-4-2/h24-25,28-29,32,34,43-50,52,54-60H,3-23,26-27,30-31,33,35-42H2,1-2H3,(H,53,61)/b25-24+,29-28+,34-32+. The quantitative estimate of drug-likeness (QED) is 0.0216. The SMILES string of the molecule is CCCCCCCCCCCCCCCCC/C=C/CC/C=C/CC/C=C/CCCC(O)C(O)C(COC1OC(CO)C(O)C(O)C1O)NC(=O)C(O)CCCCCCCCCC. The monoisotopic (exact) mass is 896 g/mol. The molecular formula is C52H97NO10. The van der Waals surface area contributed by atoms with Crippen molar-refractivity contribution >= 4 is 5.91 Å². The number of unbranched alkanes of at least 4 members (excludes halogenated alkanes) is 25. The molecular weight excluding hydrogens is 799 g/mol. The lowest BCUT2D eigenvalue weighted by molar-refractivity contribution is -0.303. The third-order valence-corrected chi connectivity index (χ3v) is 12.4. The van der Waals surface area contributed by atoms with Crippen molar-refractivity contribution in [2.45, 2.75) is 274 Å². The van der Waals surface area contributed by atoms with Crippen LogP contribution in [-0.2, 0) is 14.3 Å². The Balaban J connectivity index is 2.31. The molecule has 0 saturated carbocycles. The summed E-state index contributed by atoms with van der Waals surface area (Å²) in [6.07, 6.45) is 38.1. The first-order valence-electron chi connectivity index (χ1n) is 25.9. The molecule has 0 aliphatic carbocycles. The van der Waals surface area contributed by atoms with Gasteiger partial charge >= 0.3 is 0 Å². The van der Waals surface area contributed by atoms with Crippen LogP contribution < -0.4 is 5.32 Å². The van der Waals surface area contributed by atoms with E-state index < -0.39 is 74.2 Å². The van der Waals surface area contributed by atoms with E-state index in [1.165, 1.54) is 128 Å². The molecule has 0 radical (unpaired) electrons. The van der Waals surface area contributed by atoms with Gasteiger partial charge in [-0.2, -0.15) is 0 Å². The first-order valence-corrected chi connectivity index (χ1v) is 25.9. The molecule has 9 unspecified atom stereocenters. The van der Waals surface area contributed by atoms with Gasteiger partial charge in [-0.05, 0) is 64.2 Å². The van der Waals surface area contributed by atoms with Crippen LogP contribution >= 0.6 is 0 Å². The second-order valence-electron chi connectivity index (χ2n) is 18.2. The summed E-state index contributed by atoms with van der Waals surface area (Å²) in [6, 6.07) is -1.19. The van der Waals surface area contributed by atoms with Crippen molar-refractivity contribution in [3.05, 3.63) is 36.5 Å². The van der Waals surface area contributed by atoms with Gasteiger partial charge in [-0.1, -0.05) is 192 Å². The molecule has 370 valence electrons. The Hall–Kier alpha value is -1.67. The number of hydrogen-bond acceptors (Lipinski definition) is 10. The first-order chi connectivity index (χ1) is 30.7. The minimum absolute atomic E-state index is 0.242. The molecule has 1 saturated heterocycles. The third-order valence-electron chi connectivity index (χ3n) is 12.4. The second kappa shape index (κ2) is 41.7. The Morgan fingerprint density at radius 3 is 1.41 bits per heavy atom. The van der Waals surface area contributed by atoms with Gasteiger partial charge in [0.25, 0.3) is 0 Å². The number of amides is 1. The second-order valence-corrected chi connectivity index (χ2v) is 18.2. The van der Waals surface area contributed by atoms with E-state index in [0.717, 1.165) is 44.9 Å². The zero-order valence-electron chi connectivity index (χ0n) is 40.1. The van der Waals surface area contributed by atoms with Gasteiger partial charge in [0.1, 0.15) is 36.6 Å². The fourth-order valence-electron chi connectivity index (χ4n) is 8.12. The zero-order valence-corrected chi connectivity index (χ0v) is 40.1. The van der Waals surface area contributed by atoms with Crippen LogP contribution in [0.4, 0.5) is 0 Å². The molecule has 11 heteroatoms. The highest BCUT2D eigenvalue weighted by molar-refractivity contribution is 5.80. The first kappa shape index (κ1) is 59.3. The largest absolute Gasteiger partial charge is 0.394 e. The van der Waals surface area contributed by atoms with Crippen LogP contribution in [-0.4, -0.2) is 110 Å². The number of aliphatic hydroxyl groups is 7. The van der Waals surface area contributed by atoms with E-state index in [-0.39, 0.29) is 12.8 Å². The molecule has 1 heterocycles. The molecule has 1 aliphatic heterocycles. The van der Waals surface area contributed by atoms with Crippen LogP contribution in [0.1, 0.15) is 219 Å². The molecule has 1 aliphatic rings. The summed E-state index contributed by atoms with van der Waals surface area (Å²) in [5.74, 6) is -0.717. The Kier molecular flexibility index (Phi) is 39.3. The Labute approximate surface area is 384 Å². The van der Waals surface area contributed by atoms with Gasteiger partial charge in [0.2, 0.25) is 5.91 Å². The normalized spacial score (nSPS) is 21.4. The zero-order chi connectivity index (χ0) is 46.2. The third kappa shape index (κ3) is 31.0. The topological polar surface area (TPSA) is 189 Å². The maximum absolute atomic E-state index is 13.0. The number of allylic oxidation sites excluding steroid dienone is 6. The Bertz CT molecular complexity index is 1120. The van der Waals surface area contributed by atoms with Crippen LogP contribution in [0.3, 0.4) is 0 Å². The van der Waals surface area contributed by atoms with Crippen LogP contribution in [0.2, 0.25) is 0 Å². The Morgan fingerprint density at radius 1 is 0.540 bits per heavy atom. The lowest BCUT2D eigenvalue weighted by Crippen LogP contribution is -2.60. The van der Waals surface area contributed by atoms with Crippen molar-refractivity contribution in [1.29, 1.82) is 0 Å². The predicted octanol–water partition coefficient (Wildman–Crippen LogP) is 9.56. The Morgan fingerprint density at radius 2 is 0.952 bits per heavy atom. The summed E-state index contributed by atoms with van der Waals surface area (Å²) in [6.45, 7) is 3.38. The fourth-order valence-corrected chi connectivity index (χ4v) is 8.12. The van der Waals surface area contributed by atoms with E-state index in [2.05, 4.69) is 55.6 Å². The van der Waals surface area contributed by atoms with Crippen LogP contribution in [0.15, 0.2) is 36.5 Å². The van der Waals surface area contributed by atoms with E-state index in [9.17, 15) is 40.5 Å². The highest BCUT2D eigenvalue weighted by atomic mass is 16.7. The number of aliphatic hydroxyl groups excluding tert-OH is 7. The molecule has 9 atom stereocenters. The molecule has 0 spiro atoms. The smallest absolute Gasteiger partial charge is 0.249 e. The molecule has 1 fully saturated rings. The fraction of sp³-hybridized carbons (Fsp3) is 0.865.